The Labute approximate surface area is 174 Å². The van der Waals surface area contributed by atoms with E-state index in [0.717, 1.165) is 18.6 Å². The molecule has 2 aliphatic rings. The highest BCUT2D eigenvalue weighted by Crippen LogP contribution is 2.23. The molecule has 3 rings (SSSR count). The first-order valence-electron chi connectivity index (χ1n) is 10.1. The molecule has 1 aromatic rings. The molecule has 0 spiro atoms. The van der Waals surface area contributed by atoms with Crippen molar-refractivity contribution >= 4 is 17.9 Å². The number of nitrogens with zero attached hydrogens (tertiary/aromatic N) is 3. The van der Waals surface area contributed by atoms with E-state index in [2.05, 4.69) is 0 Å². The fourth-order valence-electron chi connectivity index (χ4n) is 3.74. The maximum Gasteiger partial charge on any atom is 0.410 e. The number of carbonyl (C=O) groups excluding carboxylic acids is 3. The van der Waals surface area contributed by atoms with E-state index in [0.29, 0.717) is 19.0 Å². The number of likely N-dealkylation sites (tertiary alicyclic amines) is 1. The van der Waals surface area contributed by atoms with Gasteiger partial charge in [0.1, 0.15) is 23.3 Å². The fraction of sp³-hybridized carbons (Fsp3) is 0.571. The Balaban J connectivity index is 1.59. The predicted octanol–water partition coefficient (Wildman–Crippen LogP) is 2.65. The number of ether oxygens (including phenoxy) is 1. The minimum absolute atomic E-state index is 0.168. The summed E-state index contributed by atoms with van der Waals surface area (Å²) in [5.41, 5.74) is -0.836. The van der Waals surface area contributed by atoms with Gasteiger partial charge < -0.3 is 14.5 Å². The molecule has 1 aromatic carbocycles. The van der Waals surface area contributed by atoms with Crippen LogP contribution in [0, 0.1) is 11.6 Å². The molecule has 0 N–H and O–H groups in total. The molecule has 2 aliphatic heterocycles. The molecule has 7 nitrogen and oxygen atoms in total. The van der Waals surface area contributed by atoms with Gasteiger partial charge in [-0.2, -0.15) is 0 Å². The van der Waals surface area contributed by atoms with Crippen molar-refractivity contribution in [3.05, 3.63) is 35.4 Å². The monoisotopic (exact) mass is 423 g/mol. The van der Waals surface area contributed by atoms with Crippen LogP contribution in [0.3, 0.4) is 0 Å². The minimum Gasteiger partial charge on any atom is -0.444 e. The molecule has 0 aromatic heterocycles. The number of benzene rings is 1. The van der Waals surface area contributed by atoms with Crippen LogP contribution < -0.4 is 0 Å². The van der Waals surface area contributed by atoms with E-state index in [9.17, 15) is 23.2 Å². The molecule has 3 amide bonds. The first-order valence-corrected chi connectivity index (χ1v) is 10.1. The van der Waals surface area contributed by atoms with Gasteiger partial charge in [0, 0.05) is 38.8 Å². The summed E-state index contributed by atoms with van der Waals surface area (Å²) in [6.07, 6.45) is 0.787. The van der Waals surface area contributed by atoms with Gasteiger partial charge in [0.15, 0.2) is 0 Å². The number of hydrogen-bond acceptors (Lipinski definition) is 4. The summed E-state index contributed by atoms with van der Waals surface area (Å²) in [5, 5.41) is 0. The highest BCUT2D eigenvalue weighted by atomic mass is 19.1. The van der Waals surface area contributed by atoms with Crippen molar-refractivity contribution in [1.82, 2.24) is 14.7 Å². The van der Waals surface area contributed by atoms with E-state index >= 15 is 0 Å². The predicted molar refractivity (Wildman–Crippen MR) is 105 cm³/mol. The third-order valence-electron chi connectivity index (χ3n) is 5.21. The fourth-order valence-corrected chi connectivity index (χ4v) is 3.74. The molecular weight excluding hydrogens is 396 g/mol. The SMILES string of the molecule is CC(C)(C)OC(=O)N1CCC[C@H]1C(=O)N1CCN(C(=O)c2ccc(F)cc2F)CC1. The number of rotatable bonds is 2. The van der Waals surface area contributed by atoms with Crippen LogP contribution in [0.25, 0.3) is 0 Å². The second-order valence-corrected chi connectivity index (χ2v) is 8.57. The van der Waals surface area contributed by atoms with Crippen LogP contribution in [0.4, 0.5) is 13.6 Å². The normalized spacial score (nSPS) is 19.8. The highest BCUT2D eigenvalue weighted by Gasteiger charge is 2.39. The highest BCUT2D eigenvalue weighted by molar-refractivity contribution is 5.94. The van der Waals surface area contributed by atoms with E-state index in [1.165, 1.54) is 9.80 Å². The molecule has 0 bridgehead atoms. The average Bonchev–Trinajstić information content (AvgIpc) is 3.16. The van der Waals surface area contributed by atoms with Crippen LogP contribution in [-0.4, -0.2) is 77.0 Å². The van der Waals surface area contributed by atoms with Crippen molar-refractivity contribution in [1.29, 1.82) is 0 Å². The van der Waals surface area contributed by atoms with Crippen LogP contribution in [0.15, 0.2) is 18.2 Å². The van der Waals surface area contributed by atoms with Crippen molar-refractivity contribution in [2.75, 3.05) is 32.7 Å². The molecule has 2 saturated heterocycles. The summed E-state index contributed by atoms with van der Waals surface area (Å²) in [4.78, 5) is 42.5. The molecule has 1 atom stereocenters. The summed E-state index contributed by atoms with van der Waals surface area (Å²) in [6.45, 7) is 6.83. The lowest BCUT2D eigenvalue weighted by molar-refractivity contribution is -0.137. The summed E-state index contributed by atoms with van der Waals surface area (Å²) >= 11 is 0. The molecular formula is C21H27F2N3O4. The molecule has 164 valence electrons. The van der Waals surface area contributed by atoms with Gasteiger partial charge in [-0.1, -0.05) is 0 Å². The summed E-state index contributed by atoms with van der Waals surface area (Å²) in [7, 11) is 0. The molecule has 0 unspecified atom stereocenters. The van der Waals surface area contributed by atoms with Gasteiger partial charge in [-0.25, -0.2) is 13.6 Å². The first-order chi connectivity index (χ1) is 14.1. The zero-order valence-corrected chi connectivity index (χ0v) is 17.5. The van der Waals surface area contributed by atoms with E-state index in [1.54, 1.807) is 25.7 Å². The Morgan fingerprint density at radius 3 is 2.23 bits per heavy atom. The van der Waals surface area contributed by atoms with Gasteiger partial charge in [-0.05, 0) is 45.7 Å². The topological polar surface area (TPSA) is 70.2 Å². The summed E-state index contributed by atoms with van der Waals surface area (Å²) < 4.78 is 32.4. The number of amides is 3. The molecule has 2 heterocycles. The first kappa shape index (κ1) is 22.0. The van der Waals surface area contributed by atoms with Crippen LogP contribution in [-0.2, 0) is 9.53 Å². The third-order valence-corrected chi connectivity index (χ3v) is 5.21. The number of carbonyl (C=O) groups is 3. The van der Waals surface area contributed by atoms with Gasteiger partial charge in [0.25, 0.3) is 5.91 Å². The van der Waals surface area contributed by atoms with E-state index < -0.39 is 35.3 Å². The maximum absolute atomic E-state index is 13.9. The zero-order valence-electron chi connectivity index (χ0n) is 17.5. The van der Waals surface area contributed by atoms with Crippen molar-refractivity contribution in [2.45, 2.75) is 45.3 Å². The van der Waals surface area contributed by atoms with Gasteiger partial charge >= 0.3 is 6.09 Å². The zero-order chi connectivity index (χ0) is 22.1. The van der Waals surface area contributed by atoms with Gasteiger partial charge in [0.2, 0.25) is 5.91 Å². The van der Waals surface area contributed by atoms with Crippen molar-refractivity contribution in [3.8, 4) is 0 Å². The van der Waals surface area contributed by atoms with Crippen LogP contribution in [0.2, 0.25) is 0 Å². The van der Waals surface area contributed by atoms with Gasteiger partial charge in [-0.3, -0.25) is 14.5 Å². The Bertz CT molecular complexity index is 832. The molecule has 2 fully saturated rings. The molecule has 0 saturated carbocycles. The Morgan fingerprint density at radius 2 is 1.63 bits per heavy atom. The number of hydrogen-bond donors (Lipinski definition) is 0. The molecule has 0 aliphatic carbocycles. The maximum atomic E-state index is 13.9. The Kier molecular flexibility index (Phi) is 6.28. The smallest absolute Gasteiger partial charge is 0.410 e. The van der Waals surface area contributed by atoms with Crippen molar-refractivity contribution < 1.29 is 27.9 Å². The molecule has 0 radical (unpaired) electrons. The van der Waals surface area contributed by atoms with Crippen LogP contribution >= 0.6 is 0 Å². The average molecular weight is 423 g/mol. The lowest BCUT2D eigenvalue weighted by atomic mass is 10.1. The van der Waals surface area contributed by atoms with E-state index in [4.69, 9.17) is 4.74 Å². The quantitative estimate of drug-likeness (QED) is 0.733. The minimum atomic E-state index is -0.905. The standard InChI is InChI=1S/C21H27F2N3O4/c1-21(2,3)30-20(29)26-8-4-5-17(26)19(28)25-11-9-24(10-12-25)18(27)15-7-6-14(22)13-16(15)23/h6-7,13,17H,4-5,8-12H2,1-3H3/t17-/m0/s1. The largest absolute Gasteiger partial charge is 0.444 e. The third kappa shape index (κ3) is 4.88. The van der Waals surface area contributed by atoms with Gasteiger partial charge in [-0.15, -0.1) is 0 Å². The molecule has 9 heteroatoms. The summed E-state index contributed by atoms with van der Waals surface area (Å²) in [5.74, 6) is -2.35. The summed E-state index contributed by atoms with van der Waals surface area (Å²) in [6, 6.07) is 2.28. The van der Waals surface area contributed by atoms with Crippen molar-refractivity contribution in [3.63, 3.8) is 0 Å². The Hall–Kier alpha value is -2.71. The number of halogens is 2. The van der Waals surface area contributed by atoms with Crippen LogP contribution in [0.5, 0.6) is 0 Å². The van der Waals surface area contributed by atoms with E-state index in [-0.39, 0.29) is 37.6 Å². The van der Waals surface area contributed by atoms with Crippen molar-refractivity contribution in [2.24, 2.45) is 0 Å². The lowest BCUT2D eigenvalue weighted by Crippen LogP contribution is -2.55. The van der Waals surface area contributed by atoms with E-state index in [1.807, 2.05) is 0 Å². The second kappa shape index (κ2) is 8.57. The lowest BCUT2D eigenvalue weighted by Gasteiger charge is -2.37. The molecule has 30 heavy (non-hydrogen) atoms. The van der Waals surface area contributed by atoms with Gasteiger partial charge in [0.05, 0.1) is 5.56 Å². The second-order valence-electron chi connectivity index (χ2n) is 8.57. The van der Waals surface area contributed by atoms with Crippen LogP contribution in [0.1, 0.15) is 44.0 Å². The Morgan fingerprint density at radius 1 is 1.00 bits per heavy atom. The number of piperazine rings is 1.